The number of esters is 2. The SMILES string of the molecule is CCCCC/C=C\C/C=C\CCCCCCCCCCCC(=O)OC(COCCC(C(=O)O)[N+](C)(C)C)COC(=O)CCCCCCC/C=C\CCCCCCCC. The second kappa shape index (κ2) is 41.3. The van der Waals surface area contributed by atoms with E-state index in [1.165, 1.54) is 128 Å². The van der Waals surface area contributed by atoms with E-state index in [0.717, 1.165) is 51.4 Å². The number of carbonyl (C=O) groups is 3. The number of likely N-dealkylation sites (N-methyl/N-ethyl adjacent to an activating group) is 1. The van der Waals surface area contributed by atoms with Gasteiger partial charge in [-0.25, -0.2) is 4.79 Å². The smallest absolute Gasteiger partial charge is 0.362 e. The van der Waals surface area contributed by atoms with E-state index in [4.69, 9.17) is 14.2 Å². The van der Waals surface area contributed by atoms with Crippen molar-refractivity contribution in [2.24, 2.45) is 0 Å². The van der Waals surface area contributed by atoms with Gasteiger partial charge in [0.1, 0.15) is 6.61 Å². The molecule has 1 N–H and O–H groups in total. The first-order valence-corrected chi connectivity index (χ1v) is 24.0. The highest BCUT2D eigenvalue weighted by Gasteiger charge is 2.31. The lowest BCUT2D eigenvalue weighted by Crippen LogP contribution is -2.50. The van der Waals surface area contributed by atoms with Gasteiger partial charge in [-0.15, -0.1) is 0 Å². The van der Waals surface area contributed by atoms with Crippen molar-refractivity contribution in [2.45, 2.75) is 225 Å². The number of unbranched alkanes of at least 4 members (excludes halogenated alkanes) is 23. The molecule has 8 heteroatoms. The average molecular weight is 819 g/mol. The summed E-state index contributed by atoms with van der Waals surface area (Å²) in [4.78, 5) is 37.1. The van der Waals surface area contributed by atoms with Crippen molar-refractivity contribution in [3.05, 3.63) is 36.5 Å². The highest BCUT2D eigenvalue weighted by atomic mass is 16.6. The molecule has 0 radical (unpaired) electrons. The molecule has 0 amide bonds. The molecule has 8 nitrogen and oxygen atoms in total. The molecule has 2 unspecified atom stereocenters. The summed E-state index contributed by atoms with van der Waals surface area (Å²) in [5, 5.41) is 9.63. The van der Waals surface area contributed by atoms with Gasteiger partial charge < -0.3 is 23.8 Å². The van der Waals surface area contributed by atoms with Crippen molar-refractivity contribution < 1.29 is 38.2 Å². The van der Waals surface area contributed by atoms with Crippen LogP contribution in [0, 0.1) is 0 Å². The molecule has 0 aliphatic carbocycles. The number of allylic oxidation sites excluding steroid dienone is 6. The van der Waals surface area contributed by atoms with Gasteiger partial charge in [0.15, 0.2) is 12.1 Å². The molecule has 0 aliphatic rings. The number of hydrogen-bond donors (Lipinski definition) is 1. The summed E-state index contributed by atoms with van der Waals surface area (Å²) in [6.07, 6.45) is 47.5. The predicted molar refractivity (Wildman–Crippen MR) is 243 cm³/mol. The van der Waals surface area contributed by atoms with Gasteiger partial charge in [0, 0.05) is 19.3 Å². The Hall–Kier alpha value is -2.45. The second-order valence-corrected chi connectivity index (χ2v) is 17.4. The molecule has 0 fully saturated rings. The van der Waals surface area contributed by atoms with Gasteiger partial charge in [0.05, 0.1) is 34.4 Å². The molecular weight excluding hydrogens is 727 g/mol. The fourth-order valence-electron chi connectivity index (χ4n) is 7.00. The summed E-state index contributed by atoms with van der Waals surface area (Å²) in [5.41, 5.74) is 0. The van der Waals surface area contributed by atoms with Crippen molar-refractivity contribution >= 4 is 17.9 Å². The highest BCUT2D eigenvalue weighted by Crippen LogP contribution is 2.15. The van der Waals surface area contributed by atoms with E-state index < -0.39 is 18.1 Å². The molecule has 338 valence electrons. The van der Waals surface area contributed by atoms with E-state index in [1.54, 1.807) is 0 Å². The molecule has 0 rings (SSSR count). The number of nitrogens with zero attached hydrogens (tertiary/aromatic N) is 1. The van der Waals surface area contributed by atoms with Crippen molar-refractivity contribution in [3.8, 4) is 0 Å². The summed E-state index contributed by atoms with van der Waals surface area (Å²) in [5.74, 6) is -1.48. The Balaban J connectivity index is 4.30. The van der Waals surface area contributed by atoms with Crippen LogP contribution in [0.1, 0.15) is 213 Å². The molecule has 58 heavy (non-hydrogen) atoms. The number of aliphatic carboxylic acids is 1. The van der Waals surface area contributed by atoms with E-state index in [0.29, 0.717) is 19.3 Å². The third kappa shape index (κ3) is 39.0. The van der Waals surface area contributed by atoms with Gasteiger partial charge in [-0.2, -0.15) is 0 Å². The van der Waals surface area contributed by atoms with Crippen molar-refractivity contribution in [3.63, 3.8) is 0 Å². The van der Waals surface area contributed by atoms with Crippen molar-refractivity contribution in [2.75, 3.05) is 41.0 Å². The van der Waals surface area contributed by atoms with Crippen LogP contribution in [0.15, 0.2) is 36.5 Å². The van der Waals surface area contributed by atoms with Gasteiger partial charge in [0.25, 0.3) is 0 Å². The first kappa shape index (κ1) is 55.5. The summed E-state index contributed by atoms with van der Waals surface area (Å²) >= 11 is 0. The topological polar surface area (TPSA) is 99.1 Å². The summed E-state index contributed by atoms with van der Waals surface area (Å²) in [6, 6.07) is -0.616. The molecule has 0 aromatic rings. The van der Waals surface area contributed by atoms with E-state index in [1.807, 2.05) is 21.1 Å². The van der Waals surface area contributed by atoms with Crippen LogP contribution in [-0.2, 0) is 28.6 Å². The van der Waals surface area contributed by atoms with Crippen LogP contribution >= 0.6 is 0 Å². The van der Waals surface area contributed by atoms with Crippen LogP contribution in [0.5, 0.6) is 0 Å². The van der Waals surface area contributed by atoms with E-state index in [9.17, 15) is 19.5 Å². The number of hydrogen-bond acceptors (Lipinski definition) is 6. The van der Waals surface area contributed by atoms with Crippen LogP contribution < -0.4 is 0 Å². The number of carboxylic acids is 1. The standard InChI is InChI=1S/C50H91NO7/c1-6-8-10-12-14-16-18-20-22-23-24-25-27-29-31-33-35-37-39-41-49(53)58-46(44-56-43-42-47(50(54)55)51(3,4)5)45-57-48(52)40-38-36-34-32-30-28-26-21-19-17-15-13-11-9-7-2/h14,16,20-22,26,46-47H,6-13,15,17-19,23-25,27-45H2,1-5H3/p+1/b16-14-,22-20-,26-21-. The quantitative estimate of drug-likeness (QED) is 0.0283. The molecule has 0 heterocycles. The summed E-state index contributed by atoms with van der Waals surface area (Å²) in [6.45, 7) is 4.71. The fourth-order valence-corrected chi connectivity index (χ4v) is 7.00. The lowest BCUT2D eigenvalue weighted by atomic mass is 10.1. The lowest BCUT2D eigenvalue weighted by Gasteiger charge is -2.31. The number of carboxylic acid groups (broad SMARTS) is 1. The van der Waals surface area contributed by atoms with Gasteiger partial charge in [0.2, 0.25) is 0 Å². The highest BCUT2D eigenvalue weighted by molar-refractivity contribution is 5.72. The number of rotatable bonds is 43. The Kier molecular flexibility index (Phi) is 39.5. The van der Waals surface area contributed by atoms with Crippen molar-refractivity contribution in [1.29, 1.82) is 0 Å². The lowest BCUT2D eigenvalue weighted by molar-refractivity contribution is -0.887. The van der Waals surface area contributed by atoms with Gasteiger partial charge in [-0.05, 0) is 70.6 Å². The Morgan fingerprint density at radius 2 is 0.914 bits per heavy atom. The molecule has 2 atom stereocenters. The minimum atomic E-state index is -0.876. The molecule has 0 saturated carbocycles. The zero-order chi connectivity index (χ0) is 42.8. The Morgan fingerprint density at radius 1 is 0.517 bits per heavy atom. The van der Waals surface area contributed by atoms with E-state index >= 15 is 0 Å². The molecule has 0 aliphatic heterocycles. The monoisotopic (exact) mass is 819 g/mol. The van der Waals surface area contributed by atoms with Crippen LogP contribution in [-0.4, -0.2) is 80.6 Å². The third-order valence-corrected chi connectivity index (χ3v) is 10.8. The molecule has 0 aromatic carbocycles. The van der Waals surface area contributed by atoms with Gasteiger partial charge in [-0.3, -0.25) is 9.59 Å². The number of carbonyl (C=O) groups excluding carboxylic acids is 2. The average Bonchev–Trinajstić information content (AvgIpc) is 3.18. The van der Waals surface area contributed by atoms with Gasteiger partial charge >= 0.3 is 17.9 Å². The normalized spacial score (nSPS) is 13.2. The Labute approximate surface area is 357 Å². The maximum absolute atomic E-state index is 12.8. The first-order valence-electron chi connectivity index (χ1n) is 24.0. The Morgan fingerprint density at radius 3 is 1.38 bits per heavy atom. The van der Waals surface area contributed by atoms with Crippen molar-refractivity contribution in [1.82, 2.24) is 0 Å². The van der Waals surface area contributed by atoms with Crippen LogP contribution in [0.3, 0.4) is 0 Å². The summed E-state index contributed by atoms with van der Waals surface area (Å²) in [7, 11) is 5.53. The largest absolute Gasteiger partial charge is 0.477 e. The molecular formula is C50H92NO7+. The van der Waals surface area contributed by atoms with Crippen LogP contribution in [0.2, 0.25) is 0 Å². The molecule has 0 aromatic heterocycles. The third-order valence-electron chi connectivity index (χ3n) is 10.8. The minimum absolute atomic E-state index is 0.0554. The zero-order valence-electron chi connectivity index (χ0n) is 38.5. The Bertz CT molecular complexity index is 1050. The molecule has 0 saturated heterocycles. The minimum Gasteiger partial charge on any atom is -0.477 e. The molecule has 0 spiro atoms. The number of quaternary nitrogens is 1. The maximum atomic E-state index is 12.8. The fraction of sp³-hybridized carbons (Fsp3) is 0.820. The maximum Gasteiger partial charge on any atom is 0.362 e. The van der Waals surface area contributed by atoms with Crippen LogP contribution in [0.25, 0.3) is 0 Å². The number of ether oxygens (including phenoxy) is 3. The summed E-state index contributed by atoms with van der Waals surface area (Å²) < 4.78 is 17.3. The van der Waals surface area contributed by atoms with E-state index in [-0.39, 0.29) is 36.2 Å². The van der Waals surface area contributed by atoms with Crippen LogP contribution in [0.4, 0.5) is 0 Å². The van der Waals surface area contributed by atoms with E-state index in [2.05, 4.69) is 50.3 Å². The zero-order valence-corrected chi connectivity index (χ0v) is 38.5. The second-order valence-electron chi connectivity index (χ2n) is 17.4. The van der Waals surface area contributed by atoms with Gasteiger partial charge in [-0.1, -0.05) is 159 Å². The first-order chi connectivity index (χ1) is 28.1. The molecule has 0 bridgehead atoms. The predicted octanol–water partition coefficient (Wildman–Crippen LogP) is 13.4.